The molecule has 3 aromatic rings. The predicted molar refractivity (Wildman–Crippen MR) is 110 cm³/mol. The van der Waals surface area contributed by atoms with Gasteiger partial charge in [0.1, 0.15) is 0 Å². The minimum Gasteiger partial charge on any atom is -0.325 e. The third-order valence-electron chi connectivity index (χ3n) is 3.70. The summed E-state index contributed by atoms with van der Waals surface area (Å²) in [5.74, 6) is -0.660. The summed E-state index contributed by atoms with van der Waals surface area (Å²) < 4.78 is 39.0. The van der Waals surface area contributed by atoms with Crippen LogP contribution in [0.3, 0.4) is 0 Å². The van der Waals surface area contributed by atoms with Crippen LogP contribution in [0, 0.1) is 0 Å². The van der Waals surface area contributed by atoms with E-state index in [2.05, 4.69) is 20.9 Å². The van der Waals surface area contributed by atoms with Crippen LogP contribution < -0.4 is 16.0 Å². The van der Waals surface area contributed by atoms with Crippen LogP contribution in [0.25, 0.3) is 0 Å². The lowest BCUT2D eigenvalue weighted by atomic mass is 10.1. The molecule has 0 saturated carbocycles. The van der Waals surface area contributed by atoms with Crippen LogP contribution in [0.1, 0.15) is 11.3 Å². The second kappa shape index (κ2) is 9.14. The van der Waals surface area contributed by atoms with Gasteiger partial charge in [0.05, 0.1) is 23.4 Å². The standard InChI is InChI=1S/C19H14ClF3N4O2S/c20-11-4-3-5-12(8-11)24-17(29)27-18-25-13(10-30-18)9-16(28)26-15-7-2-1-6-14(15)19(21,22)23/h1-8,10H,9H2,(H,26,28)(H2,24,25,27,29). The Morgan fingerprint density at radius 2 is 1.80 bits per heavy atom. The van der Waals surface area contributed by atoms with Gasteiger partial charge in [-0.3, -0.25) is 10.1 Å². The molecule has 30 heavy (non-hydrogen) atoms. The van der Waals surface area contributed by atoms with Crippen molar-refractivity contribution in [1.82, 2.24) is 4.98 Å². The molecule has 0 spiro atoms. The Morgan fingerprint density at radius 3 is 2.53 bits per heavy atom. The Balaban J connectivity index is 1.58. The molecule has 0 aliphatic heterocycles. The number of hydrogen-bond donors (Lipinski definition) is 3. The van der Waals surface area contributed by atoms with Gasteiger partial charge in [-0.25, -0.2) is 9.78 Å². The van der Waals surface area contributed by atoms with Crippen molar-refractivity contribution < 1.29 is 22.8 Å². The summed E-state index contributed by atoms with van der Waals surface area (Å²) in [4.78, 5) is 28.3. The minimum absolute atomic E-state index is 0.230. The zero-order valence-corrected chi connectivity index (χ0v) is 16.7. The van der Waals surface area contributed by atoms with Crippen molar-refractivity contribution in [2.75, 3.05) is 16.0 Å². The molecule has 11 heteroatoms. The third-order valence-corrected chi connectivity index (χ3v) is 4.74. The van der Waals surface area contributed by atoms with E-state index in [1.54, 1.807) is 24.3 Å². The number of rotatable bonds is 5. The molecular formula is C19H14ClF3N4O2S. The number of anilines is 3. The highest BCUT2D eigenvalue weighted by Gasteiger charge is 2.33. The van der Waals surface area contributed by atoms with E-state index in [0.717, 1.165) is 17.4 Å². The third kappa shape index (κ3) is 5.94. The molecular weight excluding hydrogens is 441 g/mol. The number of carbonyl (C=O) groups is 2. The fourth-order valence-corrected chi connectivity index (χ4v) is 3.37. The van der Waals surface area contributed by atoms with Gasteiger partial charge in [-0.05, 0) is 30.3 Å². The maximum absolute atomic E-state index is 13.0. The molecule has 2 aromatic carbocycles. The van der Waals surface area contributed by atoms with Crippen LogP contribution in [0.5, 0.6) is 0 Å². The molecule has 0 atom stereocenters. The van der Waals surface area contributed by atoms with Crippen LogP contribution in [0.4, 0.5) is 34.5 Å². The second-order valence-corrected chi connectivity index (χ2v) is 7.30. The van der Waals surface area contributed by atoms with E-state index in [-0.39, 0.29) is 17.2 Å². The number of hydrogen-bond acceptors (Lipinski definition) is 4. The lowest BCUT2D eigenvalue weighted by Crippen LogP contribution is -2.20. The van der Waals surface area contributed by atoms with Crippen LogP contribution >= 0.6 is 22.9 Å². The van der Waals surface area contributed by atoms with E-state index in [1.165, 1.54) is 23.6 Å². The zero-order chi connectivity index (χ0) is 21.7. The quantitative estimate of drug-likeness (QED) is 0.466. The molecule has 1 aromatic heterocycles. The fraction of sp³-hybridized carbons (Fsp3) is 0.105. The largest absolute Gasteiger partial charge is 0.418 e. The first-order chi connectivity index (χ1) is 14.2. The Labute approximate surface area is 178 Å². The zero-order valence-electron chi connectivity index (χ0n) is 15.1. The van der Waals surface area contributed by atoms with E-state index in [9.17, 15) is 22.8 Å². The average molecular weight is 455 g/mol. The molecule has 0 aliphatic carbocycles. The first kappa shape index (κ1) is 21.6. The highest BCUT2D eigenvalue weighted by Crippen LogP contribution is 2.34. The fourth-order valence-electron chi connectivity index (χ4n) is 2.47. The molecule has 0 saturated heterocycles. The summed E-state index contributed by atoms with van der Waals surface area (Å²) in [6, 6.07) is 10.7. The minimum atomic E-state index is -4.59. The van der Waals surface area contributed by atoms with Gasteiger partial charge in [0, 0.05) is 16.1 Å². The second-order valence-electron chi connectivity index (χ2n) is 6.00. The molecule has 0 unspecified atom stereocenters. The first-order valence-electron chi connectivity index (χ1n) is 8.45. The van der Waals surface area contributed by atoms with Crippen LogP contribution in [-0.2, 0) is 17.4 Å². The number of carbonyl (C=O) groups excluding carboxylic acids is 2. The van der Waals surface area contributed by atoms with E-state index < -0.39 is 23.7 Å². The van der Waals surface area contributed by atoms with Crippen LogP contribution in [0.2, 0.25) is 5.02 Å². The molecule has 3 rings (SSSR count). The molecule has 156 valence electrons. The van der Waals surface area contributed by atoms with E-state index in [1.807, 2.05) is 0 Å². The summed E-state index contributed by atoms with van der Waals surface area (Å²) in [6.07, 6.45) is -4.84. The first-order valence-corrected chi connectivity index (χ1v) is 9.70. The Morgan fingerprint density at radius 1 is 1.03 bits per heavy atom. The number of amides is 3. The lowest BCUT2D eigenvalue weighted by molar-refractivity contribution is -0.137. The number of halogens is 4. The van der Waals surface area contributed by atoms with Crippen LogP contribution in [-0.4, -0.2) is 16.9 Å². The molecule has 3 N–H and O–H groups in total. The number of nitrogens with zero attached hydrogens (tertiary/aromatic N) is 1. The van der Waals surface area contributed by atoms with E-state index >= 15 is 0 Å². The molecule has 0 radical (unpaired) electrons. The molecule has 0 bridgehead atoms. The SMILES string of the molecule is O=C(Cc1csc(NC(=O)Nc2cccc(Cl)c2)n1)Nc1ccccc1C(F)(F)F. The average Bonchev–Trinajstić information content (AvgIpc) is 3.07. The number of nitrogens with one attached hydrogen (secondary N) is 3. The normalized spacial score (nSPS) is 11.1. The van der Waals surface area contributed by atoms with Gasteiger partial charge >= 0.3 is 12.2 Å². The van der Waals surface area contributed by atoms with Crippen molar-refractivity contribution in [1.29, 1.82) is 0 Å². The van der Waals surface area contributed by atoms with E-state index in [4.69, 9.17) is 11.6 Å². The van der Waals surface area contributed by atoms with Crippen molar-refractivity contribution in [3.63, 3.8) is 0 Å². The Bertz CT molecular complexity index is 1070. The monoisotopic (exact) mass is 454 g/mol. The molecule has 0 aliphatic rings. The highest BCUT2D eigenvalue weighted by molar-refractivity contribution is 7.14. The van der Waals surface area contributed by atoms with E-state index in [0.29, 0.717) is 16.4 Å². The predicted octanol–water partition coefficient (Wildman–Crippen LogP) is 5.64. The number of alkyl halides is 3. The summed E-state index contributed by atoms with van der Waals surface area (Å²) in [5.41, 5.74) is -0.472. The van der Waals surface area contributed by atoms with Crippen molar-refractivity contribution in [2.24, 2.45) is 0 Å². The number of thiazole rings is 1. The summed E-state index contributed by atoms with van der Waals surface area (Å²) in [6.45, 7) is 0. The molecule has 1 heterocycles. The Kier molecular flexibility index (Phi) is 6.58. The molecule has 6 nitrogen and oxygen atoms in total. The summed E-state index contributed by atoms with van der Waals surface area (Å²) in [5, 5.41) is 9.57. The van der Waals surface area contributed by atoms with Crippen LogP contribution in [0.15, 0.2) is 53.9 Å². The van der Waals surface area contributed by atoms with Crippen molar-refractivity contribution in [3.05, 3.63) is 70.2 Å². The van der Waals surface area contributed by atoms with Gasteiger partial charge in [0.2, 0.25) is 5.91 Å². The number of para-hydroxylation sites is 1. The van der Waals surface area contributed by atoms with Gasteiger partial charge < -0.3 is 10.6 Å². The lowest BCUT2D eigenvalue weighted by Gasteiger charge is -2.13. The number of aromatic nitrogens is 1. The topological polar surface area (TPSA) is 83.1 Å². The Hall–Kier alpha value is -3.11. The van der Waals surface area contributed by atoms with Crippen molar-refractivity contribution >= 4 is 51.4 Å². The smallest absolute Gasteiger partial charge is 0.325 e. The van der Waals surface area contributed by atoms with Gasteiger partial charge in [-0.2, -0.15) is 13.2 Å². The van der Waals surface area contributed by atoms with Gasteiger partial charge in [0.15, 0.2) is 5.13 Å². The highest BCUT2D eigenvalue weighted by atomic mass is 35.5. The maximum atomic E-state index is 13.0. The maximum Gasteiger partial charge on any atom is 0.418 e. The van der Waals surface area contributed by atoms with Crippen molar-refractivity contribution in [3.8, 4) is 0 Å². The number of benzene rings is 2. The van der Waals surface area contributed by atoms with Gasteiger partial charge in [-0.1, -0.05) is 29.8 Å². The van der Waals surface area contributed by atoms with Gasteiger partial charge in [-0.15, -0.1) is 11.3 Å². The van der Waals surface area contributed by atoms with Crippen molar-refractivity contribution in [2.45, 2.75) is 12.6 Å². The summed E-state index contributed by atoms with van der Waals surface area (Å²) >= 11 is 6.93. The number of urea groups is 1. The molecule has 3 amide bonds. The molecule has 0 fully saturated rings. The summed E-state index contributed by atoms with van der Waals surface area (Å²) in [7, 11) is 0. The van der Waals surface area contributed by atoms with Gasteiger partial charge in [0.25, 0.3) is 0 Å².